The number of anilines is 1. The summed E-state index contributed by atoms with van der Waals surface area (Å²) in [5.41, 5.74) is 3.35. The van der Waals surface area contributed by atoms with Crippen molar-refractivity contribution in [1.29, 1.82) is 0 Å². The first-order valence-electron chi connectivity index (χ1n) is 9.02. The summed E-state index contributed by atoms with van der Waals surface area (Å²) >= 11 is 0. The molecular weight excluding hydrogens is 315 g/mol. The van der Waals surface area contributed by atoms with Crippen LogP contribution in [0.25, 0.3) is 21.9 Å². The van der Waals surface area contributed by atoms with E-state index < -0.39 is 0 Å². The molecule has 2 aromatic heterocycles. The van der Waals surface area contributed by atoms with Crippen LogP contribution in [0, 0.1) is 16.6 Å². The molecule has 0 radical (unpaired) electrons. The third-order valence-corrected chi connectivity index (χ3v) is 6.01. The van der Waals surface area contributed by atoms with Crippen LogP contribution < -0.4 is 4.90 Å². The van der Waals surface area contributed by atoms with Crippen LogP contribution >= 0.6 is 0 Å². The summed E-state index contributed by atoms with van der Waals surface area (Å²) in [4.78, 5) is 15.0. The van der Waals surface area contributed by atoms with Crippen molar-refractivity contribution in [2.75, 3.05) is 11.4 Å². The lowest BCUT2D eigenvalue weighted by atomic mass is 9.65. The Kier molecular flexibility index (Phi) is 2.85. The zero-order valence-electron chi connectivity index (χ0n) is 14.9. The molecule has 2 bridgehead atoms. The van der Waals surface area contributed by atoms with E-state index in [2.05, 4.69) is 40.6 Å². The van der Waals surface area contributed by atoms with Gasteiger partial charge in [0.15, 0.2) is 5.82 Å². The fourth-order valence-corrected chi connectivity index (χ4v) is 5.58. The molecule has 1 aromatic carbocycles. The van der Waals surface area contributed by atoms with Gasteiger partial charge in [0.1, 0.15) is 23.2 Å². The van der Waals surface area contributed by atoms with Crippen LogP contribution in [0.4, 0.5) is 10.2 Å². The number of H-pyrrole nitrogens is 1. The maximum absolute atomic E-state index is 13.7. The Hall–Kier alpha value is -2.17. The lowest BCUT2D eigenvalue weighted by molar-refractivity contribution is 0.136. The Morgan fingerprint density at radius 2 is 2.04 bits per heavy atom. The van der Waals surface area contributed by atoms with Crippen LogP contribution in [-0.2, 0) is 0 Å². The number of nitrogens with zero attached hydrogens (tertiary/aromatic N) is 3. The normalized spacial score (nSPS) is 28.2. The van der Waals surface area contributed by atoms with Crippen molar-refractivity contribution in [2.45, 2.75) is 46.1 Å². The van der Waals surface area contributed by atoms with Gasteiger partial charge in [-0.05, 0) is 48.3 Å². The number of fused-ring (bicyclic) bond motifs is 5. The van der Waals surface area contributed by atoms with E-state index in [1.54, 1.807) is 18.5 Å². The van der Waals surface area contributed by atoms with Gasteiger partial charge < -0.3 is 9.88 Å². The molecule has 130 valence electrons. The summed E-state index contributed by atoms with van der Waals surface area (Å²) in [6, 6.07) is 5.33. The van der Waals surface area contributed by atoms with Gasteiger partial charge in [-0.25, -0.2) is 14.4 Å². The molecule has 3 heterocycles. The minimum atomic E-state index is -0.236. The second-order valence-electron chi connectivity index (χ2n) is 9.08. The Labute approximate surface area is 146 Å². The molecular formula is C20H23FN4. The van der Waals surface area contributed by atoms with Crippen molar-refractivity contribution >= 4 is 27.8 Å². The van der Waals surface area contributed by atoms with Crippen molar-refractivity contribution in [2.24, 2.45) is 10.8 Å². The Balaban J connectivity index is 1.68. The fraction of sp³-hybridized carbons (Fsp3) is 0.500. The average Bonchev–Trinajstić information content (AvgIpc) is 3.00. The van der Waals surface area contributed by atoms with Gasteiger partial charge in [0.2, 0.25) is 0 Å². The van der Waals surface area contributed by atoms with Gasteiger partial charge >= 0.3 is 0 Å². The number of nitrogens with one attached hydrogen (secondary N) is 1. The first-order valence-corrected chi connectivity index (χ1v) is 9.02. The summed E-state index contributed by atoms with van der Waals surface area (Å²) < 4.78 is 13.7. The Morgan fingerprint density at radius 3 is 2.88 bits per heavy atom. The zero-order valence-corrected chi connectivity index (χ0v) is 14.9. The molecule has 3 aromatic rings. The van der Waals surface area contributed by atoms with Crippen LogP contribution in [0.15, 0.2) is 24.5 Å². The van der Waals surface area contributed by atoms with E-state index in [1.807, 2.05) is 0 Å². The van der Waals surface area contributed by atoms with Crippen molar-refractivity contribution in [3.05, 3.63) is 30.3 Å². The molecule has 1 aliphatic heterocycles. The van der Waals surface area contributed by atoms with Crippen LogP contribution in [0.1, 0.15) is 40.0 Å². The van der Waals surface area contributed by atoms with Crippen molar-refractivity contribution in [1.82, 2.24) is 15.0 Å². The van der Waals surface area contributed by atoms with E-state index >= 15 is 0 Å². The molecule has 5 heteroatoms. The molecule has 25 heavy (non-hydrogen) atoms. The van der Waals surface area contributed by atoms with Crippen LogP contribution in [0.2, 0.25) is 0 Å². The maximum Gasteiger partial charge on any atom is 0.156 e. The predicted octanol–water partition coefficient (Wildman–Crippen LogP) is 4.66. The fourth-order valence-electron chi connectivity index (χ4n) is 5.58. The molecule has 2 fully saturated rings. The molecule has 0 unspecified atom stereocenters. The summed E-state index contributed by atoms with van der Waals surface area (Å²) in [7, 11) is 0. The molecule has 1 aliphatic carbocycles. The van der Waals surface area contributed by atoms with Crippen LogP contribution in [0.3, 0.4) is 0 Å². The summed E-state index contributed by atoms with van der Waals surface area (Å²) in [5, 5.41) is 0.826. The third kappa shape index (κ3) is 2.25. The van der Waals surface area contributed by atoms with E-state index in [0.717, 1.165) is 34.3 Å². The molecule has 1 N–H and O–H groups in total. The number of hydrogen-bond acceptors (Lipinski definition) is 3. The smallest absolute Gasteiger partial charge is 0.156 e. The van der Waals surface area contributed by atoms with Gasteiger partial charge in [0.25, 0.3) is 0 Å². The van der Waals surface area contributed by atoms with E-state index in [0.29, 0.717) is 16.9 Å². The Bertz CT molecular complexity index is 992. The second kappa shape index (κ2) is 4.71. The highest BCUT2D eigenvalue weighted by Gasteiger charge is 2.50. The number of rotatable bonds is 1. The minimum absolute atomic E-state index is 0.236. The van der Waals surface area contributed by atoms with Crippen LogP contribution in [-0.4, -0.2) is 27.5 Å². The highest BCUT2D eigenvalue weighted by Crippen LogP contribution is 2.53. The van der Waals surface area contributed by atoms with Gasteiger partial charge in [-0.2, -0.15) is 0 Å². The molecule has 0 spiro atoms. The standard InChI is InChI=1S/C20H23FN4/c1-19(2)7-13-8-20(3,9-19)10-25(13)18-17-16(22-11-23-18)14-6-12(21)4-5-15(14)24-17/h4-6,11,13,24H,7-10H2,1-3H3/t13-,20-/m0/s1. The lowest BCUT2D eigenvalue weighted by Crippen LogP contribution is -2.35. The SMILES string of the molecule is CC1(C)C[C@H]2C[C@](C)(CN2c2ncnc3c2[nH]c2ccc(F)cc23)C1. The summed E-state index contributed by atoms with van der Waals surface area (Å²) in [6.45, 7) is 8.18. The number of benzene rings is 1. The Morgan fingerprint density at radius 1 is 1.20 bits per heavy atom. The number of aromatic nitrogens is 3. The third-order valence-electron chi connectivity index (χ3n) is 6.01. The van der Waals surface area contributed by atoms with E-state index in [-0.39, 0.29) is 5.82 Å². The number of aromatic amines is 1. The van der Waals surface area contributed by atoms with Gasteiger partial charge in [-0.1, -0.05) is 20.8 Å². The molecule has 4 nitrogen and oxygen atoms in total. The summed E-state index contributed by atoms with van der Waals surface area (Å²) in [6.07, 6.45) is 5.27. The van der Waals surface area contributed by atoms with E-state index in [1.165, 1.54) is 25.3 Å². The predicted molar refractivity (Wildman–Crippen MR) is 98.2 cm³/mol. The molecule has 1 saturated heterocycles. The molecule has 5 rings (SSSR count). The lowest BCUT2D eigenvalue weighted by Gasteiger charge is -2.39. The number of halogens is 1. The molecule has 1 saturated carbocycles. The molecule has 0 amide bonds. The number of hydrogen-bond donors (Lipinski definition) is 1. The van der Waals surface area contributed by atoms with Gasteiger partial charge in [-0.3, -0.25) is 0 Å². The van der Waals surface area contributed by atoms with Crippen LogP contribution in [0.5, 0.6) is 0 Å². The van der Waals surface area contributed by atoms with Crippen molar-refractivity contribution < 1.29 is 4.39 Å². The quantitative estimate of drug-likeness (QED) is 0.702. The highest BCUT2D eigenvalue weighted by atomic mass is 19.1. The van der Waals surface area contributed by atoms with E-state index in [4.69, 9.17) is 0 Å². The van der Waals surface area contributed by atoms with Gasteiger partial charge in [-0.15, -0.1) is 0 Å². The molecule has 2 atom stereocenters. The van der Waals surface area contributed by atoms with E-state index in [9.17, 15) is 4.39 Å². The first-order chi connectivity index (χ1) is 11.8. The molecule has 2 aliphatic rings. The minimum Gasteiger partial charge on any atom is -0.351 e. The van der Waals surface area contributed by atoms with Crippen molar-refractivity contribution in [3.63, 3.8) is 0 Å². The van der Waals surface area contributed by atoms with Gasteiger partial charge in [0.05, 0.1) is 0 Å². The van der Waals surface area contributed by atoms with Gasteiger partial charge in [0, 0.05) is 23.5 Å². The largest absolute Gasteiger partial charge is 0.351 e. The highest BCUT2D eigenvalue weighted by molar-refractivity contribution is 6.08. The monoisotopic (exact) mass is 338 g/mol. The maximum atomic E-state index is 13.7. The second-order valence-corrected chi connectivity index (χ2v) is 9.08. The topological polar surface area (TPSA) is 44.8 Å². The zero-order chi connectivity index (χ0) is 17.4. The average molecular weight is 338 g/mol. The van der Waals surface area contributed by atoms with Crippen molar-refractivity contribution in [3.8, 4) is 0 Å². The first kappa shape index (κ1) is 15.1. The summed E-state index contributed by atoms with van der Waals surface area (Å²) in [5.74, 6) is 0.730.